The van der Waals surface area contributed by atoms with Crippen LogP contribution in [0.15, 0.2) is 18.7 Å². The van der Waals surface area contributed by atoms with Crippen molar-refractivity contribution in [1.29, 1.82) is 0 Å². The highest BCUT2D eigenvalue weighted by Gasteiger charge is 2.37. The summed E-state index contributed by atoms with van der Waals surface area (Å²) >= 11 is 0. The Kier molecular flexibility index (Phi) is 4.15. The van der Waals surface area contributed by atoms with E-state index in [4.69, 9.17) is 14.2 Å². The maximum atomic E-state index is 5.97. The van der Waals surface area contributed by atoms with Gasteiger partial charge in [-0.25, -0.2) is 0 Å². The summed E-state index contributed by atoms with van der Waals surface area (Å²) < 4.78 is 16.7. The molecule has 0 bridgehead atoms. The molecule has 0 spiro atoms. The molecule has 2 rings (SSSR count). The quantitative estimate of drug-likeness (QED) is 0.786. The van der Waals surface area contributed by atoms with Gasteiger partial charge in [0.25, 0.3) is 0 Å². The third kappa shape index (κ3) is 2.76. The summed E-state index contributed by atoms with van der Waals surface area (Å²) in [5, 5.41) is 0. The minimum atomic E-state index is 0.177. The molecular weight excluding hydrogens is 240 g/mol. The number of hydrogen-bond acceptors (Lipinski definition) is 3. The van der Waals surface area contributed by atoms with Crippen LogP contribution in [0, 0.1) is 12.3 Å². The average molecular weight is 262 g/mol. The molecule has 19 heavy (non-hydrogen) atoms. The molecule has 0 aromatic heterocycles. The van der Waals surface area contributed by atoms with Gasteiger partial charge in [0.15, 0.2) is 11.5 Å². The fourth-order valence-corrected chi connectivity index (χ4v) is 2.18. The Hall–Kier alpha value is -1.48. The van der Waals surface area contributed by atoms with Crippen molar-refractivity contribution in [2.45, 2.75) is 20.3 Å². The average Bonchev–Trinajstić information content (AvgIpc) is 2.38. The lowest BCUT2D eigenvalue weighted by molar-refractivity contribution is -0.133. The van der Waals surface area contributed by atoms with Crippen molar-refractivity contribution in [1.82, 2.24) is 0 Å². The molecule has 1 fully saturated rings. The first-order valence-corrected chi connectivity index (χ1v) is 6.66. The van der Waals surface area contributed by atoms with E-state index in [1.54, 1.807) is 7.11 Å². The number of methoxy groups -OCH3 is 1. The number of aryl methyl sites for hydroxylation is 1. The second-order valence-corrected chi connectivity index (χ2v) is 5.20. The van der Waals surface area contributed by atoms with Gasteiger partial charge in [-0.1, -0.05) is 19.6 Å². The van der Waals surface area contributed by atoms with Gasteiger partial charge in [0.05, 0.1) is 32.3 Å². The topological polar surface area (TPSA) is 27.7 Å². The highest BCUT2D eigenvalue weighted by molar-refractivity contribution is 5.58. The van der Waals surface area contributed by atoms with Gasteiger partial charge in [-0.15, -0.1) is 0 Å². The summed E-state index contributed by atoms with van der Waals surface area (Å²) in [5.74, 6) is 1.55. The van der Waals surface area contributed by atoms with E-state index in [0.717, 1.165) is 42.3 Å². The van der Waals surface area contributed by atoms with Gasteiger partial charge in [0, 0.05) is 0 Å². The predicted molar refractivity (Wildman–Crippen MR) is 76.9 cm³/mol. The summed E-state index contributed by atoms with van der Waals surface area (Å²) in [6.45, 7) is 10.3. The molecule has 1 saturated heterocycles. The largest absolute Gasteiger partial charge is 0.493 e. The predicted octanol–water partition coefficient (Wildman–Crippen LogP) is 3.45. The molecule has 3 heteroatoms. The molecule has 0 unspecified atom stereocenters. The molecule has 104 valence electrons. The van der Waals surface area contributed by atoms with Gasteiger partial charge in [0.1, 0.15) is 0 Å². The highest BCUT2D eigenvalue weighted by Crippen LogP contribution is 2.35. The van der Waals surface area contributed by atoms with E-state index in [1.165, 1.54) is 0 Å². The van der Waals surface area contributed by atoms with E-state index < -0.39 is 0 Å². The lowest BCUT2D eigenvalue weighted by Crippen LogP contribution is -2.46. The van der Waals surface area contributed by atoms with Crippen LogP contribution in [-0.2, 0) is 4.74 Å². The van der Waals surface area contributed by atoms with Crippen LogP contribution < -0.4 is 9.47 Å². The first kappa shape index (κ1) is 13.9. The van der Waals surface area contributed by atoms with Crippen LogP contribution in [0.1, 0.15) is 24.5 Å². The second kappa shape index (κ2) is 5.66. The van der Waals surface area contributed by atoms with Crippen molar-refractivity contribution < 1.29 is 14.2 Å². The van der Waals surface area contributed by atoms with E-state index in [1.807, 2.05) is 25.1 Å². The van der Waals surface area contributed by atoms with Crippen LogP contribution in [0.2, 0.25) is 0 Å². The summed E-state index contributed by atoms with van der Waals surface area (Å²) in [7, 11) is 1.66. The highest BCUT2D eigenvalue weighted by atomic mass is 16.5. The molecule has 0 radical (unpaired) electrons. The van der Waals surface area contributed by atoms with Gasteiger partial charge in [0.2, 0.25) is 0 Å². The van der Waals surface area contributed by atoms with E-state index in [2.05, 4.69) is 13.5 Å². The van der Waals surface area contributed by atoms with E-state index in [-0.39, 0.29) is 5.41 Å². The van der Waals surface area contributed by atoms with E-state index in [0.29, 0.717) is 6.61 Å². The molecule has 1 aromatic rings. The van der Waals surface area contributed by atoms with Crippen molar-refractivity contribution in [2.24, 2.45) is 5.41 Å². The smallest absolute Gasteiger partial charge is 0.161 e. The molecule has 0 aliphatic carbocycles. The standard InChI is InChI=1S/C16H22O3/c1-5-13-8-14(17-4)15(7-12(13)3)19-11-16(6-2)9-18-10-16/h5,7-8H,1,6,9-11H2,2-4H3. The maximum Gasteiger partial charge on any atom is 0.161 e. The zero-order valence-corrected chi connectivity index (χ0v) is 12.0. The molecule has 1 heterocycles. The lowest BCUT2D eigenvalue weighted by Gasteiger charge is -2.40. The maximum absolute atomic E-state index is 5.97. The lowest BCUT2D eigenvalue weighted by atomic mass is 9.84. The third-order valence-corrected chi connectivity index (χ3v) is 3.87. The van der Waals surface area contributed by atoms with Gasteiger partial charge in [-0.2, -0.15) is 0 Å². The van der Waals surface area contributed by atoms with Crippen molar-refractivity contribution >= 4 is 6.08 Å². The minimum absolute atomic E-state index is 0.177. The van der Waals surface area contributed by atoms with Crippen molar-refractivity contribution in [3.8, 4) is 11.5 Å². The molecule has 0 amide bonds. The fourth-order valence-electron chi connectivity index (χ4n) is 2.18. The Morgan fingerprint density at radius 3 is 2.58 bits per heavy atom. The monoisotopic (exact) mass is 262 g/mol. The number of benzene rings is 1. The zero-order chi connectivity index (χ0) is 13.9. The van der Waals surface area contributed by atoms with E-state index in [9.17, 15) is 0 Å². The Labute approximate surface area is 115 Å². The van der Waals surface area contributed by atoms with E-state index >= 15 is 0 Å². The SMILES string of the molecule is C=Cc1cc(OC)c(OCC2(CC)COC2)cc1C. The molecule has 1 aliphatic heterocycles. The minimum Gasteiger partial charge on any atom is -0.493 e. The van der Waals surface area contributed by atoms with Gasteiger partial charge < -0.3 is 14.2 Å². The molecule has 0 N–H and O–H groups in total. The van der Waals surface area contributed by atoms with Crippen LogP contribution in [-0.4, -0.2) is 26.9 Å². The van der Waals surface area contributed by atoms with Crippen LogP contribution in [0.25, 0.3) is 6.08 Å². The number of hydrogen-bond donors (Lipinski definition) is 0. The van der Waals surface area contributed by atoms with Crippen molar-refractivity contribution in [3.05, 3.63) is 29.8 Å². The summed E-state index contributed by atoms with van der Waals surface area (Å²) in [5.41, 5.74) is 2.39. The fraction of sp³-hybridized carbons (Fsp3) is 0.500. The molecule has 0 atom stereocenters. The zero-order valence-electron chi connectivity index (χ0n) is 12.0. The summed E-state index contributed by atoms with van der Waals surface area (Å²) in [4.78, 5) is 0. The molecule has 3 nitrogen and oxygen atoms in total. The first-order valence-electron chi connectivity index (χ1n) is 6.66. The molecule has 1 aliphatic rings. The number of ether oxygens (including phenoxy) is 3. The second-order valence-electron chi connectivity index (χ2n) is 5.20. The van der Waals surface area contributed by atoms with Crippen molar-refractivity contribution in [3.63, 3.8) is 0 Å². The Bertz CT molecular complexity index is 456. The van der Waals surface area contributed by atoms with Gasteiger partial charge in [-0.3, -0.25) is 0 Å². The number of rotatable bonds is 6. The summed E-state index contributed by atoms with van der Waals surface area (Å²) in [6, 6.07) is 3.98. The Morgan fingerprint density at radius 1 is 1.37 bits per heavy atom. The van der Waals surface area contributed by atoms with Crippen LogP contribution in [0.5, 0.6) is 11.5 Å². The van der Waals surface area contributed by atoms with Crippen LogP contribution in [0.3, 0.4) is 0 Å². The Morgan fingerprint density at radius 2 is 2.11 bits per heavy atom. The van der Waals surface area contributed by atoms with Crippen molar-refractivity contribution in [2.75, 3.05) is 26.9 Å². The molecular formula is C16H22O3. The summed E-state index contributed by atoms with van der Waals surface area (Å²) in [6.07, 6.45) is 2.90. The van der Waals surface area contributed by atoms with Crippen LogP contribution in [0.4, 0.5) is 0 Å². The first-order chi connectivity index (χ1) is 9.14. The van der Waals surface area contributed by atoms with Crippen LogP contribution >= 0.6 is 0 Å². The van der Waals surface area contributed by atoms with Gasteiger partial charge in [-0.05, 0) is 36.6 Å². The third-order valence-electron chi connectivity index (χ3n) is 3.87. The molecule has 1 aromatic carbocycles. The molecule has 0 saturated carbocycles. The normalized spacial score (nSPS) is 16.6. The Balaban J connectivity index is 2.15. The van der Waals surface area contributed by atoms with Gasteiger partial charge >= 0.3 is 0 Å².